The number of amides is 1. The Hall–Kier alpha value is -2.94. The molecule has 1 aromatic heterocycles. The number of anilines is 2. The zero-order valence-electron chi connectivity index (χ0n) is 16.4. The van der Waals surface area contributed by atoms with Gasteiger partial charge in [0.1, 0.15) is 11.4 Å². The van der Waals surface area contributed by atoms with Crippen molar-refractivity contribution in [2.45, 2.75) is 19.8 Å². The number of carboxylic acid groups (broad SMARTS) is 1. The van der Waals surface area contributed by atoms with Crippen molar-refractivity contribution in [3.05, 3.63) is 52.1 Å². The zero-order valence-corrected chi connectivity index (χ0v) is 18.0. The molecule has 1 saturated heterocycles. The van der Waals surface area contributed by atoms with Gasteiger partial charge in [-0.2, -0.15) is 0 Å². The Morgan fingerprint density at radius 1 is 1.23 bits per heavy atom. The van der Waals surface area contributed by atoms with Crippen molar-refractivity contribution in [2.75, 3.05) is 29.9 Å². The maximum Gasteiger partial charge on any atom is 0.339 e. The van der Waals surface area contributed by atoms with Crippen LogP contribution in [0.4, 0.5) is 11.5 Å². The summed E-state index contributed by atoms with van der Waals surface area (Å²) < 4.78 is 5.92. The summed E-state index contributed by atoms with van der Waals surface area (Å²) in [5.41, 5.74) is 0.740. The van der Waals surface area contributed by atoms with Crippen LogP contribution in [0, 0.1) is 5.92 Å². The molecule has 3 rings (SSSR count). The standard InChI is InChI=1S/C21H22BrN3O5/c1-2-30-21(29)14-7-9-25(10-8-14)18-17(20(27)28)11-16(12-23-18)24-19(26)13-3-5-15(22)6-4-13/h3-6,11-12,14H,2,7-10H2,1H3,(H,24,26)(H,27,28). The van der Waals surface area contributed by atoms with E-state index < -0.39 is 5.97 Å². The summed E-state index contributed by atoms with van der Waals surface area (Å²) in [6.07, 6.45) is 2.58. The number of hydrogen-bond acceptors (Lipinski definition) is 6. The normalized spacial score (nSPS) is 14.3. The largest absolute Gasteiger partial charge is 0.478 e. The average molecular weight is 476 g/mol. The molecule has 1 fully saturated rings. The number of nitrogens with zero attached hydrogens (tertiary/aromatic N) is 2. The first kappa shape index (κ1) is 21.8. The Morgan fingerprint density at radius 3 is 2.50 bits per heavy atom. The van der Waals surface area contributed by atoms with Gasteiger partial charge in [0.05, 0.1) is 24.4 Å². The van der Waals surface area contributed by atoms with Crippen LogP contribution in [0.25, 0.3) is 0 Å². The van der Waals surface area contributed by atoms with Crippen molar-refractivity contribution < 1.29 is 24.2 Å². The predicted octanol–water partition coefficient (Wildman–Crippen LogP) is 3.57. The molecule has 0 aliphatic carbocycles. The minimum absolute atomic E-state index is 0.00168. The van der Waals surface area contributed by atoms with E-state index in [9.17, 15) is 19.5 Å². The van der Waals surface area contributed by atoms with Crippen molar-refractivity contribution >= 4 is 45.3 Å². The maximum atomic E-state index is 12.4. The molecule has 1 aliphatic heterocycles. The van der Waals surface area contributed by atoms with Gasteiger partial charge in [0, 0.05) is 23.1 Å². The van der Waals surface area contributed by atoms with Gasteiger partial charge in [0.25, 0.3) is 5.91 Å². The van der Waals surface area contributed by atoms with E-state index in [-0.39, 0.29) is 23.4 Å². The number of benzene rings is 1. The van der Waals surface area contributed by atoms with Gasteiger partial charge >= 0.3 is 11.9 Å². The molecule has 0 spiro atoms. The minimum atomic E-state index is -1.13. The second-order valence-corrected chi connectivity index (χ2v) is 7.79. The second-order valence-electron chi connectivity index (χ2n) is 6.87. The van der Waals surface area contributed by atoms with Crippen LogP contribution in [0.5, 0.6) is 0 Å². The van der Waals surface area contributed by atoms with Gasteiger partial charge in [-0.1, -0.05) is 15.9 Å². The van der Waals surface area contributed by atoms with Gasteiger partial charge in [0.15, 0.2) is 0 Å². The Kier molecular flexibility index (Phi) is 7.04. The molecule has 0 unspecified atom stereocenters. The molecule has 1 aromatic carbocycles. The molecule has 2 heterocycles. The molecule has 0 atom stereocenters. The van der Waals surface area contributed by atoms with E-state index in [4.69, 9.17) is 4.74 Å². The van der Waals surface area contributed by atoms with Crippen LogP contribution < -0.4 is 10.2 Å². The van der Waals surface area contributed by atoms with Crippen LogP contribution in [0.1, 0.15) is 40.5 Å². The molecule has 2 aromatic rings. The van der Waals surface area contributed by atoms with Crippen molar-refractivity contribution in [1.29, 1.82) is 0 Å². The van der Waals surface area contributed by atoms with E-state index >= 15 is 0 Å². The van der Waals surface area contributed by atoms with Gasteiger partial charge < -0.3 is 20.1 Å². The van der Waals surface area contributed by atoms with Crippen molar-refractivity contribution in [3.8, 4) is 0 Å². The Balaban J connectivity index is 1.73. The highest BCUT2D eigenvalue weighted by molar-refractivity contribution is 9.10. The van der Waals surface area contributed by atoms with Gasteiger partial charge in [-0.3, -0.25) is 9.59 Å². The molecule has 0 saturated carbocycles. The summed E-state index contributed by atoms with van der Waals surface area (Å²) in [6, 6.07) is 8.22. The Labute approximate surface area is 182 Å². The number of carbonyl (C=O) groups is 3. The van der Waals surface area contributed by atoms with Gasteiger partial charge in [-0.15, -0.1) is 0 Å². The summed E-state index contributed by atoms with van der Waals surface area (Å²) in [4.78, 5) is 42.2. The molecule has 1 amide bonds. The number of halogens is 1. The number of piperidine rings is 1. The van der Waals surface area contributed by atoms with Crippen molar-refractivity contribution in [1.82, 2.24) is 4.98 Å². The summed E-state index contributed by atoms with van der Waals surface area (Å²) in [7, 11) is 0. The third-order valence-corrected chi connectivity index (χ3v) is 5.40. The fraction of sp³-hybridized carbons (Fsp3) is 0.333. The molecule has 2 N–H and O–H groups in total. The smallest absolute Gasteiger partial charge is 0.339 e. The number of ether oxygens (including phenoxy) is 1. The lowest BCUT2D eigenvalue weighted by molar-refractivity contribution is -0.148. The number of aromatic nitrogens is 1. The lowest BCUT2D eigenvalue weighted by Gasteiger charge is -2.32. The summed E-state index contributed by atoms with van der Waals surface area (Å²) in [5, 5.41) is 12.3. The van der Waals surface area contributed by atoms with Crippen molar-refractivity contribution in [3.63, 3.8) is 0 Å². The monoisotopic (exact) mass is 475 g/mol. The lowest BCUT2D eigenvalue weighted by atomic mass is 9.96. The summed E-state index contributed by atoms with van der Waals surface area (Å²) in [6.45, 7) is 3.12. The molecule has 8 nitrogen and oxygen atoms in total. The van der Waals surface area contributed by atoms with Gasteiger partial charge in [-0.25, -0.2) is 9.78 Å². The van der Waals surface area contributed by atoms with E-state index in [2.05, 4.69) is 26.2 Å². The zero-order chi connectivity index (χ0) is 21.7. The molecule has 1 aliphatic rings. The number of hydrogen-bond donors (Lipinski definition) is 2. The number of carboxylic acids is 1. The first-order valence-electron chi connectivity index (χ1n) is 9.61. The van der Waals surface area contributed by atoms with Gasteiger partial charge in [0.2, 0.25) is 0 Å². The SMILES string of the molecule is CCOC(=O)C1CCN(c2ncc(NC(=O)c3ccc(Br)cc3)cc2C(=O)O)CC1. The van der Waals surface area contributed by atoms with E-state index in [0.29, 0.717) is 49.6 Å². The fourth-order valence-electron chi connectivity index (χ4n) is 3.33. The van der Waals surface area contributed by atoms with Crippen LogP contribution in [0.15, 0.2) is 41.0 Å². The first-order chi connectivity index (χ1) is 14.4. The highest BCUT2D eigenvalue weighted by Gasteiger charge is 2.28. The molecule has 9 heteroatoms. The highest BCUT2D eigenvalue weighted by Crippen LogP contribution is 2.27. The number of carbonyl (C=O) groups excluding carboxylic acids is 2. The molecular formula is C21H22BrN3O5. The Bertz CT molecular complexity index is 940. The van der Waals surface area contributed by atoms with Crippen LogP contribution in [0.3, 0.4) is 0 Å². The second kappa shape index (κ2) is 9.71. The molecule has 158 valence electrons. The van der Waals surface area contributed by atoms with Crippen LogP contribution in [-0.2, 0) is 9.53 Å². The number of nitrogens with one attached hydrogen (secondary N) is 1. The number of esters is 1. The summed E-state index contributed by atoms with van der Waals surface area (Å²) >= 11 is 3.31. The minimum Gasteiger partial charge on any atom is -0.478 e. The fourth-order valence-corrected chi connectivity index (χ4v) is 3.59. The van der Waals surface area contributed by atoms with Gasteiger partial charge in [-0.05, 0) is 50.1 Å². The molecule has 0 bridgehead atoms. The summed E-state index contributed by atoms with van der Waals surface area (Å²) in [5.74, 6) is -1.56. The highest BCUT2D eigenvalue weighted by atomic mass is 79.9. The Morgan fingerprint density at radius 2 is 1.90 bits per heavy atom. The first-order valence-corrected chi connectivity index (χ1v) is 10.4. The topological polar surface area (TPSA) is 109 Å². The number of pyridine rings is 1. The maximum absolute atomic E-state index is 12.4. The van der Waals surface area contributed by atoms with Crippen LogP contribution in [-0.4, -0.2) is 47.6 Å². The van der Waals surface area contributed by atoms with Crippen LogP contribution in [0.2, 0.25) is 0 Å². The molecular weight excluding hydrogens is 454 g/mol. The molecule has 0 radical (unpaired) electrons. The van der Waals surface area contributed by atoms with E-state index in [1.54, 1.807) is 31.2 Å². The average Bonchev–Trinajstić information content (AvgIpc) is 2.74. The van der Waals surface area contributed by atoms with Crippen molar-refractivity contribution in [2.24, 2.45) is 5.92 Å². The molecule has 30 heavy (non-hydrogen) atoms. The predicted molar refractivity (Wildman–Crippen MR) is 115 cm³/mol. The number of aromatic carboxylic acids is 1. The quantitative estimate of drug-likeness (QED) is 0.614. The third kappa shape index (κ3) is 5.15. The third-order valence-electron chi connectivity index (χ3n) is 4.88. The van der Waals surface area contributed by atoms with Crippen LogP contribution >= 0.6 is 15.9 Å². The lowest BCUT2D eigenvalue weighted by Crippen LogP contribution is -2.38. The van der Waals surface area contributed by atoms with E-state index in [1.165, 1.54) is 12.3 Å². The van der Waals surface area contributed by atoms with E-state index in [0.717, 1.165) is 4.47 Å². The van der Waals surface area contributed by atoms with E-state index in [1.807, 2.05) is 4.90 Å². The number of rotatable bonds is 6.